The zero-order valence-corrected chi connectivity index (χ0v) is 14.1. The summed E-state index contributed by atoms with van der Waals surface area (Å²) in [5, 5.41) is 5.70. The lowest BCUT2D eigenvalue weighted by molar-refractivity contribution is 0.0184. The number of alkyl carbamates (subject to hydrolysis) is 2. The predicted octanol–water partition coefficient (Wildman–Crippen LogP) is 2.43. The molecule has 0 saturated carbocycles. The molecule has 0 radical (unpaired) electrons. The third-order valence-corrected chi connectivity index (χ3v) is 4.81. The van der Waals surface area contributed by atoms with Crippen molar-refractivity contribution in [2.24, 2.45) is 0 Å². The van der Waals surface area contributed by atoms with Gasteiger partial charge >= 0.3 is 12.2 Å². The molecule has 2 saturated heterocycles. The average Bonchev–Trinajstić information content (AvgIpc) is 3.18. The Hall–Kier alpha value is -3.02. The van der Waals surface area contributed by atoms with E-state index in [0.717, 1.165) is 11.1 Å². The van der Waals surface area contributed by atoms with Gasteiger partial charge in [0.1, 0.15) is 0 Å². The highest BCUT2D eigenvalue weighted by Crippen LogP contribution is 2.26. The van der Waals surface area contributed by atoms with E-state index in [-0.39, 0.29) is 12.1 Å². The number of carbonyl (C=O) groups is 2. The van der Waals surface area contributed by atoms with Crippen LogP contribution in [0.15, 0.2) is 60.7 Å². The summed E-state index contributed by atoms with van der Waals surface area (Å²) in [5.41, 5.74) is 2.18. The molecule has 0 aromatic heterocycles. The first-order valence-electron chi connectivity index (χ1n) is 8.71. The minimum Gasteiger partial charge on any atom is -0.440 e. The SMILES string of the molecule is O=C1N[C@@H](Cc2ccccc2)[C@@H]([C@H]2OC(=O)N[C@H]2Cc2ccccc2)O1. The summed E-state index contributed by atoms with van der Waals surface area (Å²) in [4.78, 5) is 23.7. The number of benzene rings is 2. The normalized spacial score (nSPS) is 27.4. The van der Waals surface area contributed by atoms with Crippen molar-refractivity contribution in [3.05, 3.63) is 71.8 Å². The molecule has 2 amide bonds. The zero-order chi connectivity index (χ0) is 17.9. The Kier molecular flexibility index (Phi) is 4.48. The maximum Gasteiger partial charge on any atom is 0.407 e. The molecule has 134 valence electrons. The van der Waals surface area contributed by atoms with Crippen LogP contribution in [0, 0.1) is 0 Å². The fraction of sp³-hybridized carbons (Fsp3) is 0.300. The lowest BCUT2D eigenvalue weighted by Crippen LogP contribution is -2.47. The van der Waals surface area contributed by atoms with Gasteiger partial charge in [-0.3, -0.25) is 0 Å². The molecule has 2 aromatic carbocycles. The maximum absolute atomic E-state index is 11.9. The summed E-state index contributed by atoms with van der Waals surface area (Å²) in [5.74, 6) is 0. The molecule has 0 spiro atoms. The summed E-state index contributed by atoms with van der Waals surface area (Å²) in [6, 6.07) is 19.2. The van der Waals surface area contributed by atoms with Crippen LogP contribution in [0.4, 0.5) is 9.59 Å². The Bertz CT molecular complexity index is 713. The van der Waals surface area contributed by atoms with Gasteiger partial charge in [0.2, 0.25) is 0 Å². The molecule has 2 aromatic rings. The molecule has 2 fully saturated rings. The van der Waals surface area contributed by atoms with Gasteiger partial charge < -0.3 is 20.1 Å². The van der Waals surface area contributed by atoms with Gasteiger partial charge in [-0.05, 0) is 24.0 Å². The van der Waals surface area contributed by atoms with E-state index < -0.39 is 24.4 Å². The molecule has 2 aliphatic heterocycles. The molecule has 6 nitrogen and oxygen atoms in total. The van der Waals surface area contributed by atoms with Gasteiger partial charge in [0.05, 0.1) is 12.1 Å². The van der Waals surface area contributed by atoms with E-state index in [0.29, 0.717) is 12.8 Å². The Morgan fingerprint density at radius 3 is 1.42 bits per heavy atom. The van der Waals surface area contributed by atoms with Gasteiger partial charge in [0.15, 0.2) is 12.2 Å². The van der Waals surface area contributed by atoms with Crippen molar-refractivity contribution in [3.63, 3.8) is 0 Å². The maximum atomic E-state index is 11.9. The van der Waals surface area contributed by atoms with Gasteiger partial charge in [-0.2, -0.15) is 0 Å². The zero-order valence-electron chi connectivity index (χ0n) is 14.1. The molecule has 4 rings (SSSR count). The molecule has 6 heteroatoms. The van der Waals surface area contributed by atoms with Gasteiger partial charge in [0, 0.05) is 0 Å². The monoisotopic (exact) mass is 352 g/mol. The van der Waals surface area contributed by atoms with Crippen LogP contribution in [-0.2, 0) is 22.3 Å². The highest BCUT2D eigenvalue weighted by atomic mass is 16.6. The number of hydrogen-bond acceptors (Lipinski definition) is 4. The minimum absolute atomic E-state index is 0.249. The lowest BCUT2D eigenvalue weighted by Gasteiger charge is -2.25. The van der Waals surface area contributed by atoms with Crippen molar-refractivity contribution >= 4 is 12.2 Å². The number of rotatable bonds is 5. The van der Waals surface area contributed by atoms with Crippen molar-refractivity contribution in [1.82, 2.24) is 10.6 Å². The molecule has 26 heavy (non-hydrogen) atoms. The summed E-state index contributed by atoms with van der Waals surface area (Å²) in [6.07, 6.45) is -0.785. The Morgan fingerprint density at radius 1 is 0.654 bits per heavy atom. The van der Waals surface area contributed by atoms with Crippen molar-refractivity contribution in [2.75, 3.05) is 0 Å². The molecule has 0 aliphatic carbocycles. The highest BCUT2D eigenvalue weighted by molar-refractivity contribution is 5.72. The van der Waals surface area contributed by atoms with E-state index in [2.05, 4.69) is 10.6 Å². The van der Waals surface area contributed by atoms with Crippen LogP contribution < -0.4 is 10.6 Å². The molecule has 2 N–H and O–H groups in total. The van der Waals surface area contributed by atoms with Crippen molar-refractivity contribution in [2.45, 2.75) is 37.1 Å². The van der Waals surface area contributed by atoms with Gasteiger partial charge in [-0.15, -0.1) is 0 Å². The average molecular weight is 352 g/mol. The van der Waals surface area contributed by atoms with Crippen LogP contribution in [0.1, 0.15) is 11.1 Å². The van der Waals surface area contributed by atoms with E-state index in [9.17, 15) is 9.59 Å². The second-order valence-corrected chi connectivity index (χ2v) is 6.62. The number of cyclic esters (lactones) is 2. The molecule has 0 unspecified atom stereocenters. The second-order valence-electron chi connectivity index (χ2n) is 6.62. The smallest absolute Gasteiger partial charge is 0.407 e. The third-order valence-electron chi connectivity index (χ3n) is 4.81. The Morgan fingerprint density at radius 2 is 1.04 bits per heavy atom. The third kappa shape index (κ3) is 3.49. The quantitative estimate of drug-likeness (QED) is 0.866. The van der Waals surface area contributed by atoms with Crippen LogP contribution in [0.3, 0.4) is 0 Å². The summed E-state index contributed by atoms with van der Waals surface area (Å²) < 4.78 is 11.0. The van der Waals surface area contributed by atoms with E-state index in [1.807, 2.05) is 60.7 Å². The molecule has 2 aliphatic rings. The Balaban J connectivity index is 1.52. The minimum atomic E-state index is -0.532. The largest absolute Gasteiger partial charge is 0.440 e. The first kappa shape index (κ1) is 16.4. The van der Waals surface area contributed by atoms with E-state index in [1.54, 1.807) is 0 Å². The van der Waals surface area contributed by atoms with Crippen LogP contribution in [0.5, 0.6) is 0 Å². The first-order chi connectivity index (χ1) is 12.7. The number of ether oxygens (including phenoxy) is 2. The molecule has 0 bridgehead atoms. The Labute approximate surface area is 151 Å². The summed E-state index contributed by atoms with van der Waals surface area (Å²) >= 11 is 0. The van der Waals surface area contributed by atoms with E-state index >= 15 is 0 Å². The van der Waals surface area contributed by atoms with Crippen LogP contribution in [0.2, 0.25) is 0 Å². The van der Waals surface area contributed by atoms with E-state index in [4.69, 9.17) is 9.47 Å². The van der Waals surface area contributed by atoms with Crippen molar-refractivity contribution in [1.29, 1.82) is 0 Å². The van der Waals surface area contributed by atoms with Gasteiger partial charge in [-0.25, -0.2) is 9.59 Å². The first-order valence-corrected chi connectivity index (χ1v) is 8.71. The summed E-state index contributed by atoms with van der Waals surface area (Å²) in [6.45, 7) is 0. The lowest BCUT2D eigenvalue weighted by atomic mass is 9.92. The fourth-order valence-corrected chi connectivity index (χ4v) is 3.61. The van der Waals surface area contributed by atoms with Gasteiger partial charge in [-0.1, -0.05) is 60.7 Å². The second kappa shape index (κ2) is 7.07. The number of amides is 2. The topological polar surface area (TPSA) is 76.7 Å². The van der Waals surface area contributed by atoms with E-state index in [1.165, 1.54) is 0 Å². The molecule has 2 heterocycles. The van der Waals surface area contributed by atoms with Crippen LogP contribution in [-0.4, -0.2) is 36.5 Å². The predicted molar refractivity (Wildman–Crippen MR) is 94.7 cm³/mol. The van der Waals surface area contributed by atoms with Crippen LogP contribution in [0.25, 0.3) is 0 Å². The molecular formula is C20H20N2O4. The summed E-state index contributed by atoms with van der Waals surface area (Å²) in [7, 11) is 0. The standard InChI is InChI=1S/C20H20N2O4/c23-19-21-15(11-13-7-3-1-4-8-13)17(25-19)18-16(22-20(24)26-18)12-14-9-5-2-6-10-14/h1-10,15-18H,11-12H2,(H,21,23)(H,22,24)/t15-,16-,17-,18-/m0/s1. The van der Waals surface area contributed by atoms with Crippen molar-refractivity contribution in [3.8, 4) is 0 Å². The van der Waals surface area contributed by atoms with Crippen LogP contribution >= 0.6 is 0 Å². The molecule has 4 atom stereocenters. The van der Waals surface area contributed by atoms with Crippen molar-refractivity contribution < 1.29 is 19.1 Å². The number of nitrogens with one attached hydrogen (secondary N) is 2. The fourth-order valence-electron chi connectivity index (χ4n) is 3.61. The number of hydrogen-bond donors (Lipinski definition) is 2. The van der Waals surface area contributed by atoms with Gasteiger partial charge in [0.25, 0.3) is 0 Å². The highest BCUT2D eigenvalue weighted by Gasteiger charge is 2.48. The molecular weight excluding hydrogens is 332 g/mol. The number of carbonyl (C=O) groups excluding carboxylic acids is 2.